The monoisotopic (exact) mass is 239 g/mol. The minimum atomic E-state index is 0.288. The standard InChI is InChI=1S/C11H13NO3S/c1-12(2)11(16)15-10-6-9(14-3)5-4-8(10)7-13/h4-7H,1-3H3. The van der Waals surface area contributed by atoms with Gasteiger partial charge in [-0.05, 0) is 24.4 Å². The predicted molar refractivity (Wildman–Crippen MR) is 65.3 cm³/mol. The van der Waals surface area contributed by atoms with Gasteiger partial charge in [-0.1, -0.05) is 0 Å². The summed E-state index contributed by atoms with van der Waals surface area (Å²) in [5, 5.41) is 0.288. The van der Waals surface area contributed by atoms with Crippen LogP contribution < -0.4 is 9.47 Å². The first-order valence-electron chi connectivity index (χ1n) is 4.61. The van der Waals surface area contributed by atoms with Crippen LogP contribution in [-0.2, 0) is 0 Å². The first kappa shape index (κ1) is 12.4. The maximum atomic E-state index is 10.8. The van der Waals surface area contributed by atoms with E-state index in [-0.39, 0.29) is 5.17 Å². The van der Waals surface area contributed by atoms with Gasteiger partial charge in [0, 0.05) is 20.2 Å². The lowest BCUT2D eigenvalue weighted by Gasteiger charge is -2.15. The Hall–Kier alpha value is -1.62. The highest BCUT2D eigenvalue weighted by Gasteiger charge is 2.09. The topological polar surface area (TPSA) is 38.8 Å². The number of thiocarbonyl (C=S) groups is 1. The Bertz CT molecular complexity index is 404. The van der Waals surface area contributed by atoms with E-state index >= 15 is 0 Å². The van der Waals surface area contributed by atoms with Crippen LogP contribution in [0.15, 0.2) is 18.2 Å². The molecule has 0 heterocycles. The first-order valence-corrected chi connectivity index (χ1v) is 5.01. The lowest BCUT2D eigenvalue weighted by Crippen LogP contribution is -2.25. The number of carbonyl (C=O) groups is 1. The van der Waals surface area contributed by atoms with Crippen LogP contribution in [-0.4, -0.2) is 37.6 Å². The molecule has 0 radical (unpaired) electrons. The molecule has 1 aromatic rings. The Morgan fingerprint density at radius 3 is 2.62 bits per heavy atom. The summed E-state index contributed by atoms with van der Waals surface area (Å²) < 4.78 is 10.4. The van der Waals surface area contributed by atoms with Crippen LogP contribution in [0.25, 0.3) is 0 Å². The average molecular weight is 239 g/mol. The maximum Gasteiger partial charge on any atom is 0.264 e. The molecule has 0 aliphatic rings. The third kappa shape index (κ3) is 2.93. The third-order valence-corrected chi connectivity index (χ3v) is 2.36. The summed E-state index contributed by atoms with van der Waals surface area (Å²) in [5.74, 6) is 1.01. The van der Waals surface area contributed by atoms with Crippen LogP contribution in [0.2, 0.25) is 0 Å². The third-order valence-electron chi connectivity index (χ3n) is 1.91. The van der Waals surface area contributed by atoms with E-state index < -0.39 is 0 Å². The molecular weight excluding hydrogens is 226 g/mol. The molecule has 0 aliphatic carbocycles. The van der Waals surface area contributed by atoms with E-state index in [1.54, 1.807) is 44.3 Å². The maximum absolute atomic E-state index is 10.8. The minimum absolute atomic E-state index is 0.288. The SMILES string of the molecule is COc1ccc(C=O)c(OC(=S)N(C)C)c1. The Morgan fingerprint density at radius 2 is 2.12 bits per heavy atom. The summed E-state index contributed by atoms with van der Waals surface area (Å²) in [6.07, 6.45) is 0.715. The van der Waals surface area contributed by atoms with Gasteiger partial charge in [-0.15, -0.1) is 0 Å². The largest absolute Gasteiger partial charge is 0.497 e. The average Bonchev–Trinajstić information content (AvgIpc) is 2.28. The van der Waals surface area contributed by atoms with Gasteiger partial charge in [-0.3, -0.25) is 4.79 Å². The van der Waals surface area contributed by atoms with Crippen molar-refractivity contribution >= 4 is 23.7 Å². The highest BCUT2D eigenvalue weighted by Crippen LogP contribution is 2.23. The summed E-state index contributed by atoms with van der Waals surface area (Å²) in [6.45, 7) is 0. The molecule has 0 saturated heterocycles. The van der Waals surface area contributed by atoms with E-state index in [2.05, 4.69) is 0 Å². The second-order valence-corrected chi connectivity index (χ2v) is 3.63. The number of rotatable bonds is 3. The molecule has 0 amide bonds. The highest BCUT2D eigenvalue weighted by atomic mass is 32.1. The normalized spacial score (nSPS) is 9.44. The van der Waals surface area contributed by atoms with Crippen molar-refractivity contribution in [2.24, 2.45) is 0 Å². The number of hydrogen-bond donors (Lipinski definition) is 0. The van der Waals surface area contributed by atoms with Crippen LogP contribution in [0.3, 0.4) is 0 Å². The van der Waals surface area contributed by atoms with Gasteiger partial charge in [-0.2, -0.15) is 0 Å². The van der Waals surface area contributed by atoms with Gasteiger partial charge in [0.1, 0.15) is 11.5 Å². The minimum Gasteiger partial charge on any atom is -0.497 e. The van der Waals surface area contributed by atoms with E-state index in [1.807, 2.05) is 0 Å². The smallest absolute Gasteiger partial charge is 0.264 e. The number of nitrogens with zero attached hydrogens (tertiary/aromatic N) is 1. The van der Waals surface area contributed by atoms with Crippen molar-refractivity contribution in [2.75, 3.05) is 21.2 Å². The number of aldehydes is 1. The van der Waals surface area contributed by atoms with Crippen LogP contribution in [0.4, 0.5) is 0 Å². The zero-order valence-corrected chi connectivity index (χ0v) is 10.2. The number of carbonyl (C=O) groups excluding carboxylic acids is 1. The zero-order valence-electron chi connectivity index (χ0n) is 9.39. The van der Waals surface area contributed by atoms with Gasteiger partial charge in [0.2, 0.25) is 0 Å². The van der Waals surface area contributed by atoms with Crippen molar-refractivity contribution in [3.05, 3.63) is 23.8 Å². The van der Waals surface area contributed by atoms with Gasteiger partial charge < -0.3 is 14.4 Å². The molecule has 1 aromatic carbocycles. The second kappa shape index (κ2) is 5.46. The molecule has 0 bridgehead atoms. The van der Waals surface area contributed by atoms with Gasteiger partial charge in [-0.25, -0.2) is 0 Å². The van der Waals surface area contributed by atoms with Crippen LogP contribution in [0.5, 0.6) is 11.5 Å². The van der Waals surface area contributed by atoms with E-state index in [1.165, 1.54) is 0 Å². The molecule has 0 N–H and O–H groups in total. The van der Waals surface area contributed by atoms with Gasteiger partial charge in [0.15, 0.2) is 6.29 Å². The Morgan fingerprint density at radius 1 is 1.44 bits per heavy atom. The van der Waals surface area contributed by atoms with Crippen molar-refractivity contribution in [2.45, 2.75) is 0 Å². The Balaban J connectivity index is 3.00. The molecule has 1 rings (SSSR count). The van der Waals surface area contributed by atoms with Crippen molar-refractivity contribution in [1.82, 2.24) is 4.90 Å². The summed E-state index contributed by atoms with van der Waals surface area (Å²) in [4.78, 5) is 12.4. The Kier molecular flexibility index (Phi) is 4.25. The molecule has 16 heavy (non-hydrogen) atoms. The molecule has 0 aliphatic heterocycles. The van der Waals surface area contributed by atoms with E-state index in [9.17, 15) is 4.79 Å². The summed E-state index contributed by atoms with van der Waals surface area (Å²) in [7, 11) is 5.08. The fourth-order valence-electron chi connectivity index (χ4n) is 1.01. The molecule has 0 saturated carbocycles. The predicted octanol–water partition coefficient (Wildman–Crippen LogP) is 1.73. The van der Waals surface area contributed by atoms with E-state index in [0.717, 1.165) is 0 Å². The fraction of sp³-hybridized carbons (Fsp3) is 0.273. The molecule has 86 valence electrons. The quantitative estimate of drug-likeness (QED) is 0.593. The second-order valence-electron chi connectivity index (χ2n) is 3.28. The van der Waals surface area contributed by atoms with Crippen molar-refractivity contribution < 1.29 is 14.3 Å². The molecule has 0 fully saturated rings. The fourth-order valence-corrected chi connectivity index (χ4v) is 1.10. The summed E-state index contributed by atoms with van der Waals surface area (Å²) >= 11 is 4.99. The van der Waals surface area contributed by atoms with Crippen molar-refractivity contribution in [3.63, 3.8) is 0 Å². The van der Waals surface area contributed by atoms with E-state index in [4.69, 9.17) is 21.7 Å². The van der Waals surface area contributed by atoms with Crippen molar-refractivity contribution in [3.8, 4) is 11.5 Å². The van der Waals surface area contributed by atoms with Crippen molar-refractivity contribution in [1.29, 1.82) is 0 Å². The molecule has 0 aromatic heterocycles. The van der Waals surface area contributed by atoms with E-state index in [0.29, 0.717) is 23.3 Å². The zero-order chi connectivity index (χ0) is 12.1. The van der Waals surface area contributed by atoms with Gasteiger partial charge in [0.25, 0.3) is 5.17 Å². The molecule has 4 nitrogen and oxygen atoms in total. The molecule has 5 heteroatoms. The van der Waals surface area contributed by atoms with Crippen LogP contribution in [0.1, 0.15) is 10.4 Å². The van der Waals surface area contributed by atoms with Crippen LogP contribution >= 0.6 is 12.2 Å². The van der Waals surface area contributed by atoms with Gasteiger partial charge >= 0.3 is 0 Å². The number of ether oxygens (including phenoxy) is 2. The molecule has 0 spiro atoms. The summed E-state index contributed by atoms with van der Waals surface area (Å²) in [6, 6.07) is 4.94. The first-order chi connectivity index (χ1) is 7.58. The Labute approximate surface area is 99.8 Å². The lowest BCUT2D eigenvalue weighted by molar-refractivity contribution is 0.112. The number of hydrogen-bond acceptors (Lipinski definition) is 4. The molecular formula is C11H13NO3S. The molecule has 0 atom stereocenters. The summed E-state index contributed by atoms with van der Waals surface area (Å²) in [5.41, 5.74) is 0.435. The lowest BCUT2D eigenvalue weighted by atomic mass is 10.2. The highest BCUT2D eigenvalue weighted by molar-refractivity contribution is 7.80. The number of methoxy groups -OCH3 is 1. The van der Waals surface area contributed by atoms with Gasteiger partial charge in [0.05, 0.1) is 12.7 Å². The number of benzene rings is 1. The molecule has 0 unspecified atom stereocenters. The van der Waals surface area contributed by atoms with Crippen LogP contribution in [0, 0.1) is 0 Å².